The van der Waals surface area contributed by atoms with Crippen molar-refractivity contribution in [3.63, 3.8) is 0 Å². The van der Waals surface area contributed by atoms with E-state index in [2.05, 4.69) is 0 Å². The van der Waals surface area contributed by atoms with Crippen LogP contribution in [0.15, 0.2) is 42.1 Å². The van der Waals surface area contributed by atoms with E-state index >= 15 is 0 Å². The summed E-state index contributed by atoms with van der Waals surface area (Å²) >= 11 is 0. The number of nitrogens with zero attached hydrogens (tertiary/aromatic N) is 2. The molecule has 32 heavy (non-hydrogen) atoms. The average molecular weight is 437 g/mol. The molecule has 3 rings (SSSR count). The highest BCUT2D eigenvalue weighted by Gasteiger charge is 2.43. The molecule has 170 valence electrons. The van der Waals surface area contributed by atoms with E-state index in [4.69, 9.17) is 9.47 Å². The summed E-state index contributed by atoms with van der Waals surface area (Å²) < 4.78 is 10.6. The van der Waals surface area contributed by atoms with Crippen molar-refractivity contribution in [2.45, 2.75) is 27.7 Å². The minimum Gasteiger partial charge on any atom is -0.383 e. The second kappa shape index (κ2) is 10.1. The van der Waals surface area contributed by atoms with Gasteiger partial charge in [0, 0.05) is 27.3 Å². The first kappa shape index (κ1) is 23.7. The van der Waals surface area contributed by atoms with Crippen molar-refractivity contribution >= 4 is 23.1 Å². The molecule has 1 heterocycles. The number of carbonyl (C=O) groups excluding carboxylic acids is 2. The molecule has 0 spiro atoms. The highest BCUT2D eigenvalue weighted by atomic mass is 16.5. The largest absolute Gasteiger partial charge is 0.383 e. The smallest absolute Gasteiger partial charge is 0.282 e. The van der Waals surface area contributed by atoms with E-state index < -0.39 is 0 Å². The molecule has 6 heteroatoms. The van der Waals surface area contributed by atoms with Gasteiger partial charge in [0.2, 0.25) is 0 Å². The minimum atomic E-state index is -0.316. The maximum Gasteiger partial charge on any atom is 0.282 e. The summed E-state index contributed by atoms with van der Waals surface area (Å²) in [6.45, 7) is 9.71. The zero-order chi connectivity index (χ0) is 23.4. The molecule has 0 saturated heterocycles. The van der Waals surface area contributed by atoms with Crippen molar-refractivity contribution in [3.05, 3.63) is 69.9 Å². The molecule has 0 aromatic heterocycles. The van der Waals surface area contributed by atoms with Gasteiger partial charge in [0.1, 0.15) is 5.70 Å². The fourth-order valence-corrected chi connectivity index (χ4v) is 4.16. The molecule has 2 aromatic rings. The van der Waals surface area contributed by atoms with Crippen LogP contribution in [0.25, 0.3) is 5.57 Å². The third kappa shape index (κ3) is 4.61. The SMILES string of the molecule is COCCN(CCOC)C1=C(c2ccc(C)cc2C)C(=O)N(c2ccc(C)cc2C)C1=O. The van der Waals surface area contributed by atoms with E-state index in [1.807, 2.05) is 69.0 Å². The topological polar surface area (TPSA) is 59.1 Å². The van der Waals surface area contributed by atoms with Crippen LogP contribution in [-0.4, -0.2) is 57.2 Å². The Morgan fingerprint density at radius 3 is 1.88 bits per heavy atom. The van der Waals surface area contributed by atoms with Crippen molar-refractivity contribution in [1.29, 1.82) is 0 Å². The molecule has 6 nitrogen and oxygen atoms in total. The predicted octanol–water partition coefficient (Wildman–Crippen LogP) is 3.80. The van der Waals surface area contributed by atoms with Crippen molar-refractivity contribution in [1.82, 2.24) is 4.90 Å². The maximum atomic E-state index is 13.8. The first-order valence-corrected chi connectivity index (χ1v) is 10.8. The van der Waals surface area contributed by atoms with Gasteiger partial charge < -0.3 is 14.4 Å². The fourth-order valence-electron chi connectivity index (χ4n) is 4.16. The van der Waals surface area contributed by atoms with E-state index in [9.17, 15) is 9.59 Å². The number of ether oxygens (including phenoxy) is 2. The Labute approximate surface area is 190 Å². The number of methoxy groups -OCH3 is 2. The second-order valence-corrected chi connectivity index (χ2v) is 8.25. The fraction of sp³-hybridized carbons (Fsp3) is 0.385. The molecule has 0 bridgehead atoms. The Bertz CT molecular complexity index is 1050. The lowest BCUT2D eigenvalue weighted by Crippen LogP contribution is -2.38. The summed E-state index contributed by atoms with van der Waals surface area (Å²) in [5, 5.41) is 0. The summed E-state index contributed by atoms with van der Waals surface area (Å²) in [7, 11) is 3.25. The van der Waals surface area contributed by atoms with Crippen LogP contribution in [0.4, 0.5) is 5.69 Å². The summed E-state index contributed by atoms with van der Waals surface area (Å²) in [5.74, 6) is -0.618. The first-order valence-electron chi connectivity index (χ1n) is 10.8. The Kier molecular flexibility index (Phi) is 7.48. The number of hydrogen-bond acceptors (Lipinski definition) is 5. The van der Waals surface area contributed by atoms with Gasteiger partial charge in [-0.05, 0) is 50.5 Å². The van der Waals surface area contributed by atoms with E-state index in [0.29, 0.717) is 43.3 Å². The van der Waals surface area contributed by atoms with Crippen molar-refractivity contribution in [2.24, 2.45) is 0 Å². The Balaban J connectivity index is 2.19. The average Bonchev–Trinajstić information content (AvgIpc) is 2.99. The Morgan fingerprint density at radius 1 is 0.781 bits per heavy atom. The number of aryl methyl sites for hydroxylation is 4. The molecule has 1 aliphatic rings. The van der Waals surface area contributed by atoms with Gasteiger partial charge in [-0.15, -0.1) is 0 Å². The molecule has 1 aliphatic heterocycles. The molecule has 0 saturated carbocycles. The van der Waals surface area contributed by atoms with Crippen LogP contribution >= 0.6 is 0 Å². The maximum absolute atomic E-state index is 13.8. The normalized spacial score (nSPS) is 14.0. The summed E-state index contributed by atoms with van der Waals surface area (Å²) in [5.41, 5.74) is 6.24. The molecule has 0 aliphatic carbocycles. The third-order valence-electron chi connectivity index (χ3n) is 5.75. The van der Waals surface area contributed by atoms with Crippen molar-refractivity contribution < 1.29 is 19.1 Å². The van der Waals surface area contributed by atoms with Gasteiger partial charge in [-0.25, -0.2) is 4.90 Å². The molecule has 2 amide bonds. The molecule has 0 N–H and O–H groups in total. The van der Waals surface area contributed by atoms with E-state index in [-0.39, 0.29) is 11.8 Å². The van der Waals surface area contributed by atoms with E-state index in [0.717, 1.165) is 27.8 Å². The van der Waals surface area contributed by atoms with Gasteiger partial charge in [-0.3, -0.25) is 9.59 Å². The van der Waals surface area contributed by atoms with Gasteiger partial charge in [0.25, 0.3) is 11.8 Å². The second-order valence-electron chi connectivity index (χ2n) is 8.25. The minimum absolute atomic E-state index is 0.302. The molecular formula is C26H32N2O4. The van der Waals surface area contributed by atoms with E-state index in [1.54, 1.807) is 14.2 Å². The summed E-state index contributed by atoms with van der Waals surface area (Å²) in [4.78, 5) is 30.8. The number of rotatable bonds is 9. The van der Waals surface area contributed by atoms with Crippen LogP contribution in [0.1, 0.15) is 27.8 Å². The van der Waals surface area contributed by atoms with Crippen LogP contribution in [0.3, 0.4) is 0 Å². The van der Waals surface area contributed by atoms with Crippen molar-refractivity contribution in [3.8, 4) is 0 Å². The van der Waals surface area contributed by atoms with Crippen LogP contribution < -0.4 is 4.90 Å². The molecule has 2 aromatic carbocycles. The van der Waals surface area contributed by atoms with Gasteiger partial charge in [-0.1, -0.05) is 41.5 Å². The zero-order valence-electron chi connectivity index (χ0n) is 19.8. The van der Waals surface area contributed by atoms with Crippen LogP contribution in [-0.2, 0) is 19.1 Å². The van der Waals surface area contributed by atoms with E-state index in [1.165, 1.54) is 4.90 Å². The highest BCUT2D eigenvalue weighted by molar-refractivity contribution is 6.45. The first-order chi connectivity index (χ1) is 15.3. The lowest BCUT2D eigenvalue weighted by molar-refractivity contribution is -0.120. The number of hydrogen-bond donors (Lipinski definition) is 0. The number of amides is 2. The zero-order valence-corrected chi connectivity index (χ0v) is 19.8. The third-order valence-corrected chi connectivity index (χ3v) is 5.75. The summed E-state index contributed by atoms with van der Waals surface area (Å²) in [6.07, 6.45) is 0. The van der Waals surface area contributed by atoms with Crippen LogP contribution in [0, 0.1) is 27.7 Å². The Morgan fingerprint density at radius 2 is 1.34 bits per heavy atom. The lowest BCUT2D eigenvalue weighted by atomic mass is 9.97. The Hall–Kier alpha value is -2.96. The van der Waals surface area contributed by atoms with Crippen molar-refractivity contribution in [2.75, 3.05) is 45.4 Å². The van der Waals surface area contributed by atoms with Crippen LogP contribution in [0.5, 0.6) is 0 Å². The standard InChI is InChI=1S/C26H32N2O4/c1-17-7-9-21(19(3)15-17)23-24(27(11-13-31-5)12-14-32-6)26(30)28(25(23)29)22-10-8-18(2)16-20(22)4/h7-10,15-16H,11-14H2,1-6H3. The quantitative estimate of drug-likeness (QED) is 0.560. The van der Waals surface area contributed by atoms with Crippen LogP contribution in [0.2, 0.25) is 0 Å². The lowest BCUT2D eigenvalue weighted by Gasteiger charge is -2.26. The molecule has 0 radical (unpaired) electrons. The number of imide groups is 1. The van der Waals surface area contributed by atoms with Gasteiger partial charge >= 0.3 is 0 Å². The molecular weight excluding hydrogens is 404 g/mol. The highest BCUT2D eigenvalue weighted by Crippen LogP contribution is 2.37. The predicted molar refractivity (Wildman–Crippen MR) is 127 cm³/mol. The molecule has 0 fully saturated rings. The monoisotopic (exact) mass is 436 g/mol. The van der Waals surface area contributed by atoms with Gasteiger partial charge in [0.15, 0.2) is 0 Å². The summed E-state index contributed by atoms with van der Waals surface area (Å²) in [6, 6.07) is 11.7. The number of anilines is 1. The molecule has 0 atom stereocenters. The number of benzene rings is 2. The molecule has 0 unspecified atom stereocenters. The number of carbonyl (C=O) groups is 2. The van der Waals surface area contributed by atoms with Gasteiger partial charge in [0.05, 0.1) is 24.5 Å². The van der Waals surface area contributed by atoms with Gasteiger partial charge in [-0.2, -0.15) is 0 Å².